The van der Waals surface area contributed by atoms with E-state index in [0.717, 1.165) is 17.4 Å². The maximum atomic E-state index is 13.3. The van der Waals surface area contributed by atoms with Crippen LogP contribution in [-0.4, -0.2) is 6.29 Å². The fourth-order valence-corrected chi connectivity index (χ4v) is 1.92. The standard InChI is InChI=1S/C14H10ClFO/c1-9-5-12(13(15)7-14(9)16)11-4-2-3-10(6-11)8-17/h2-8H,1H3. The quantitative estimate of drug-likeness (QED) is 0.726. The number of rotatable bonds is 2. The van der Waals surface area contributed by atoms with Crippen molar-refractivity contribution in [1.29, 1.82) is 0 Å². The van der Waals surface area contributed by atoms with Gasteiger partial charge in [0.25, 0.3) is 0 Å². The molecule has 0 spiro atoms. The van der Waals surface area contributed by atoms with Gasteiger partial charge in [0, 0.05) is 11.1 Å². The van der Waals surface area contributed by atoms with E-state index in [9.17, 15) is 9.18 Å². The van der Waals surface area contributed by atoms with Gasteiger partial charge in [-0.05, 0) is 36.2 Å². The molecule has 0 aliphatic carbocycles. The van der Waals surface area contributed by atoms with Crippen molar-refractivity contribution in [2.45, 2.75) is 6.92 Å². The first-order chi connectivity index (χ1) is 8.11. The lowest BCUT2D eigenvalue weighted by Crippen LogP contribution is -1.88. The van der Waals surface area contributed by atoms with Crippen molar-refractivity contribution in [3.8, 4) is 11.1 Å². The Morgan fingerprint density at radius 1 is 1.24 bits per heavy atom. The summed E-state index contributed by atoms with van der Waals surface area (Å²) >= 11 is 6.00. The lowest BCUT2D eigenvalue weighted by molar-refractivity contribution is 0.112. The zero-order valence-electron chi connectivity index (χ0n) is 9.21. The van der Waals surface area contributed by atoms with E-state index < -0.39 is 0 Å². The summed E-state index contributed by atoms with van der Waals surface area (Å²) in [7, 11) is 0. The zero-order valence-corrected chi connectivity index (χ0v) is 9.96. The first-order valence-electron chi connectivity index (χ1n) is 5.13. The van der Waals surface area contributed by atoms with Crippen molar-refractivity contribution in [3.05, 3.63) is 58.4 Å². The number of aryl methyl sites for hydroxylation is 1. The largest absolute Gasteiger partial charge is 0.298 e. The number of carbonyl (C=O) groups is 1. The smallest absolute Gasteiger partial charge is 0.150 e. The zero-order chi connectivity index (χ0) is 12.4. The Bertz CT molecular complexity index is 578. The molecule has 0 saturated heterocycles. The number of hydrogen-bond acceptors (Lipinski definition) is 1. The summed E-state index contributed by atoms with van der Waals surface area (Å²) < 4.78 is 13.3. The molecule has 17 heavy (non-hydrogen) atoms. The Morgan fingerprint density at radius 2 is 2.00 bits per heavy atom. The summed E-state index contributed by atoms with van der Waals surface area (Å²) in [5, 5.41) is 0.344. The second-order valence-electron chi connectivity index (χ2n) is 3.82. The second kappa shape index (κ2) is 4.68. The van der Waals surface area contributed by atoms with Crippen molar-refractivity contribution < 1.29 is 9.18 Å². The summed E-state index contributed by atoms with van der Waals surface area (Å²) in [5.41, 5.74) is 2.64. The summed E-state index contributed by atoms with van der Waals surface area (Å²) in [4.78, 5) is 10.7. The van der Waals surface area contributed by atoms with Gasteiger partial charge in [-0.1, -0.05) is 29.8 Å². The van der Waals surface area contributed by atoms with Gasteiger partial charge in [-0.15, -0.1) is 0 Å². The van der Waals surface area contributed by atoms with Crippen LogP contribution in [0.25, 0.3) is 11.1 Å². The highest BCUT2D eigenvalue weighted by Gasteiger charge is 2.08. The fourth-order valence-electron chi connectivity index (χ4n) is 1.66. The topological polar surface area (TPSA) is 17.1 Å². The van der Waals surface area contributed by atoms with E-state index in [1.165, 1.54) is 6.07 Å². The molecule has 2 rings (SSSR count). The van der Waals surface area contributed by atoms with Crippen LogP contribution in [0, 0.1) is 12.7 Å². The van der Waals surface area contributed by atoms with Crippen LogP contribution in [0.3, 0.4) is 0 Å². The molecule has 86 valence electrons. The molecule has 0 aliphatic heterocycles. The maximum absolute atomic E-state index is 13.3. The third-order valence-electron chi connectivity index (χ3n) is 2.58. The van der Waals surface area contributed by atoms with Gasteiger partial charge in [0.15, 0.2) is 0 Å². The highest BCUT2D eigenvalue weighted by Crippen LogP contribution is 2.30. The van der Waals surface area contributed by atoms with E-state index in [4.69, 9.17) is 11.6 Å². The Labute approximate surface area is 104 Å². The number of aldehydes is 1. The number of hydrogen-bond donors (Lipinski definition) is 0. The van der Waals surface area contributed by atoms with Crippen LogP contribution in [-0.2, 0) is 0 Å². The Kier molecular flexibility index (Phi) is 3.25. The van der Waals surface area contributed by atoms with Gasteiger partial charge in [-0.25, -0.2) is 4.39 Å². The molecule has 0 unspecified atom stereocenters. The van der Waals surface area contributed by atoms with E-state index in [1.54, 1.807) is 31.2 Å². The molecule has 0 N–H and O–H groups in total. The van der Waals surface area contributed by atoms with Crippen LogP contribution in [0.5, 0.6) is 0 Å². The fraction of sp³-hybridized carbons (Fsp3) is 0.0714. The molecule has 0 saturated carbocycles. The van der Waals surface area contributed by atoms with Crippen LogP contribution < -0.4 is 0 Å². The first-order valence-corrected chi connectivity index (χ1v) is 5.51. The normalized spacial score (nSPS) is 10.3. The molecule has 0 fully saturated rings. The molecule has 0 bridgehead atoms. The monoisotopic (exact) mass is 248 g/mol. The molecule has 0 heterocycles. The molecule has 2 aromatic rings. The number of halogens is 2. The van der Waals surface area contributed by atoms with Crippen LogP contribution in [0.2, 0.25) is 5.02 Å². The molecule has 0 amide bonds. The highest BCUT2D eigenvalue weighted by molar-refractivity contribution is 6.33. The summed E-state index contributed by atoms with van der Waals surface area (Å²) in [5.74, 6) is -0.328. The van der Waals surface area contributed by atoms with Crippen LogP contribution >= 0.6 is 11.6 Å². The average Bonchev–Trinajstić information content (AvgIpc) is 2.34. The average molecular weight is 249 g/mol. The van der Waals surface area contributed by atoms with E-state index >= 15 is 0 Å². The number of carbonyl (C=O) groups excluding carboxylic acids is 1. The summed E-state index contributed by atoms with van der Waals surface area (Å²) in [6.45, 7) is 1.68. The van der Waals surface area contributed by atoms with E-state index in [0.29, 0.717) is 16.1 Å². The van der Waals surface area contributed by atoms with Crippen molar-refractivity contribution in [3.63, 3.8) is 0 Å². The molecule has 0 aliphatic rings. The molecule has 0 radical (unpaired) electrons. The third kappa shape index (κ3) is 2.37. The first kappa shape index (κ1) is 11.8. The van der Waals surface area contributed by atoms with Gasteiger partial charge in [0.2, 0.25) is 0 Å². The van der Waals surface area contributed by atoms with Gasteiger partial charge in [0.05, 0.1) is 5.02 Å². The molecule has 0 aromatic heterocycles. The molecule has 1 nitrogen and oxygen atoms in total. The van der Waals surface area contributed by atoms with Gasteiger partial charge in [-0.2, -0.15) is 0 Å². The van der Waals surface area contributed by atoms with Crippen LogP contribution in [0.4, 0.5) is 4.39 Å². The maximum Gasteiger partial charge on any atom is 0.150 e. The van der Waals surface area contributed by atoms with Crippen molar-refractivity contribution in [1.82, 2.24) is 0 Å². The van der Waals surface area contributed by atoms with E-state index in [1.807, 2.05) is 6.07 Å². The predicted octanol–water partition coefficient (Wildman–Crippen LogP) is 4.27. The SMILES string of the molecule is Cc1cc(-c2cccc(C=O)c2)c(Cl)cc1F. The Morgan fingerprint density at radius 3 is 2.71 bits per heavy atom. The van der Waals surface area contributed by atoms with Crippen LogP contribution in [0.15, 0.2) is 36.4 Å². The van der Waals surface area contributed by atoms with Gasteiger partial charge >= 0.3 is 0 Å². The van der Waals surface area contributed by atoms with Gasteiger partial charge in [0.1, 0.15) is 12.1 Å². The number of benzene rings is 2. The highest BCUT2D eigenvalue weighted by atomic mass is 35.5. The summed E-state index contributed by atoms with van der Waals surface area (Å²) in [6.07, 6.45) is 0.772. The minimum Gasteiger partial charge on any atom is -0.298 e. The van der Waals surface area contributed by atoms with Gasteiger partial charge in [-0.3, -0.25) is 4.79 Å². The Hall–Kier alpha value is -1.67. The Balaban J connectivity index is 2.59. The summed E-state index contributed by atoms with van der Waals surface area (Å²) in [6, 6.07) is 10.0. The molecular weight excluding hydrogens is 239 g/mol. The second-order valence-corrected chi connectivity index (χ2v) is 4.23. The van der Waals surface area contributed by atoms with E-state index in [-0.39, 0.29) is 5.82 Å². The lowest BCUT2D eigenvalue weighted by atomic mass is 10.0. The van der Waals surface area contributed by atoms with Gasteiger partial charge < -0.3 is 0 Å². The van der Waals surface area contributed by atoms with Crippen molar-refractivity contribution in [2.75, 3.05) is 0 Å². The van der Waals surface area contributed by atoms with Crippen LogP contribution in [0.1, 0.15) is 15.9 Å². The minimum atomic E-state index is -0.328. The van der Waals surface area contributed by atoms with Crippen molar-refractivity contribution in [2.24, 2.45) is 0 Å². The van der Waals surface area contributed by atoms with E-state index in [2.05, 4.69) is 0 Å². The predicted molar refractivity (Wildman–Crippen MR) is 67.0 cm³/mol. The molecular formula is C14H10ClFO. The molecule has 0 atom stereocenters. The third-order valence-corrected chi connectivity index (χ3v) is 2.89. The van der Waals surface area contributed by atoms with Crippen molar-refractivity contribution >= 4 is 17.9 Å². The molecule has 2 aromatic carbocycles. The minimum absolute atomic E-state index is 0.328. The molecule has 3 heteroatoms. The lowest BCUT2D eigenvalue weighted by Gasteiger charge is -2.07.